The lowest BCUT2D eigenvalue weighted by atomic mass is 9.96. The van der Waals surface area contributed by atoms with Crippen molar-refractivity contribution in [3.63, 3.8) is 0 Å². The van der Waals surface area contributed by atoms with Crippen molar-refractivity contribution in [3.05, 3.63) is 12.7 Å². The maximum atomic E-state index is 12.9. The number of nitrogen functional groups attached to an aromatic ring is 1. The summed E-state index contributed by atoms with van der Waals surface area (Å²) in [6, 6.07) is 0. The molecule has 0 spiro atoms. The van der Waals surface area contributed by atoms with E-state index in [1.54, 1.807) is 4.57 Å². The Morgan fingerprint density at radius 2 is 2.28 bits per heavy atom. The fraction of sp³-hybridized carbons (Fsp3) is 0.500. The molecule has 3 unspecified atom stereocenters. The van der Waals surface area contributed by atoms with E-state index >= 15 is 0 Å². The highest BCUT2D eigenvalue weighted by atomic mass is 19.1. The third-order valence-corrected chi connectivity index (χ3v) is 3.18. The molecule has 1 aliphatic heterocycles. The summed E-state index contributed by atoms with van der Waals surface area (Å²) in [6.07, 6.45) is 1.84. The van der Waals surface area contributed by atoms with Gasteiger partial charge in [-0.1, -0.05) is 0 Å². The number of fused-ring (bicyclic) bond motifs is 1. The highest BCUT2D eigenvalue weighted by Crippen LogP contribution is 2.38. The van der Waals surface area contributed by atoms with Crippen LogP contribution in [-0.4, -0.2) is 44.0 Å². The SMILES string of the molecule is Nc1ncnc2c1ncn2C1OC(CO)C1CF. The Kier molecular flexibility index (Phi) is 2.60. The lowest BCUT2D eigenvalue weighted by molar-refractivity contribution is -0.237. The number of ether oxygens (including phenoxy) is 1. The van der Waals surface area contributed by atoms with Gasteiger partial charge in [0.25, 0.3) is 0 Å². The average molecular weight is 253 g/mol. The Hall–Kier alpha value is -1.80. The van der Waals surface area contributed by atoms with Gasteiger partial charge in [-0.2, -0.15) is 0 Å². The van der Waals surface area contributed by atoms with Crippen molar-refractivity contribution in [2.45, 2.75) is 12.3 Å². The average Bonchev–Trinajstić information content (AvgIpc) is 2.75. The van der Waals surface area contributed by atoms with Gasteiger partial charge in [-0.15, -0.1) is 0 Å². The smallest absolute Gasteiger partial charge is 0.167 e. The minimum atomic E-state index is -0.573. The third-order valence-electron chi connectivity index (χ3n) is 3.18. The number of nitrogens with two attached hydrogens (primary N) is 1. The molecule has 1 saturated heterocycles. The lowest BCUT2D eigenvalue weighted by Gasteiger charge is -2.42. The molecule has 18 heavy (non-hydrogen) atoms. The van der Waals surface area contributed by atoms with Crippen LogP contribution in [0.1, 0.15) is 6.23 Å². The second-order valence-electron chi connectivity index (χ2n) is 4.15. The number of aliphatic hydroxyl groups excluding tert-OH is 1. The van der Waals surface area contributed by atoms with Gasteiger partial charge in [0.05, 0.1) is 31.6 Å². The highest BCUT2D eigenvalue weighted by Gasteiger charge is 2.44. The summed E-state index contributed by atoms with van der Waals surface area (Å²) in [5.74, 6) is -0.128. The minimum Gasteiger partial charge on any atom is -0.394 e. The molecule has 3 rings (SSSR count). The van der Waals surface area contributed by atoms with E-state index in [0.717, 1.165) is 0 Å². The number of rotatable bonds is 3. The molecular weight excluding hydrogens is 241 g/mol. The summed E-state index contributed by atoms with van der Waals surface area (Å²) < 4.78 is 19.9. The molecule has 0 bridgehead atoms. The van der Waals surface area contributed by atoms with E-state index in [9.17, 15) is 4.39 Å². The number of nitrogens with zero attached hydrogens (tertiary/aromatic N) is 4. The van der Waals surface area contributed by atoms with Gasteiger partial charge in [0.15, 0.2) is 11.5 Å². The zero-order valence-electron chi connectivity index (χ0n) is 9.40. The van der Waals surface area contributed by atoms with E-state index in [0.29, 0.717) is 11.2 Å². The quantitative estimate of drug-likeness (QED) is 0.791. The monoisotopic (exact) mass is 253 g/mol. The number of hydrogen-bond acceptors (Lipinski definition) is 6. The van der Waals surface area contributed by atoms with Crippen LogP contribution in [0.4, 0.5) is 10.2 Å². The molecule has 2 aromatic heterocycles. The van der Waals surface area contributed by atoms with E-state index in [2.05, 4.69) is 15.0 Å². The van der Waals surface area contributed by atoms with Crippen molar-refractivity contribution in [2.24, 2.45) is 5.92 Å². The van der Waals surface area contributed by atoms with Crippen molar-refractivity contribution >= 4 is 17.0 Å². The summed E-state index contributed by atoms with van der Waals surface area (Å²) in [4.78, 5) is 12.0. The molecule has 3 heterocycles. The van der Waals surface area contributed by atoms with Crippen LogP contribution >= 0.6 is 0 Å². The number of alkyl halides is 1. The van der Waals surface area contributed by atoms with Gasteiger partial charge in [-0.3, -0.25) is 8.96 Å². The van der Waals surface area contributed by atoms with Crippen molar-refractivity contribution in [3.8, 4) is 0 Å². The molecule has 3 N–H and O–H groups in total. The lowest BCUT2D eigenvalue weighted by Crippen LogP contribution is -2.48. The Balaban J connectivity index is 1.99. The first-order valence-electron chi connectivity index (χ1n) is 5.51. The molecule has 3 atom stereocenters. The van der Waals surface area contributed by atoms with E-state index in [1.165, 1.54) is 12.7 Å². The van der Waals surface area contributed by atoms with Crippen LogP contribution in [-0.2, 0) is 4.74 Å². The number of halogens is 1. The zero-order valence-corrected chi connectivity index (χ0v) is 9.40. The fourth-order valence-electron chi connectivity index (χ4n) is 2.16. The maximum absolute atomic E-state index is 12.9. The highest BCUT2D eigenvalue weighted by molar-refractivity contribution is 5.81. The van der Waals surface area contributed by atoms with Crippen LogP contribution in [0, 0.1) is 5.92 Å². The Labute approximate surface area is 101 Å². The molecular formula is C10H12FN5O2. The Bertz CT molecular complexity index is 574. The molecule has 2 aromatic rings. The van der Waals surface area contributed by atoms with Crippen LogP contribution in [0.5, 0.6) is 0 Å². The van der Waals surface area contributed by atoms with Crippen LogP contribution < -0.4 is 5.73 Å². The summed E-state index contributed by atoms with van der Waals surface area (Å²) in [6.45, 7) is -0.773. The van der Waals surface area contributed by atoms with Crippen molar-refractivity contribution in [1.82, 2.24) is 19.5 Å². The molecule has 8 heteroatoms. The first kappa shape index (κ1) is 11.3. The predicted octanol–water partition coefficient (Wildman–Crippen LogP) is -0.116. The summed E-state index contributed by atoms with van der Waals surface area (Å²) in [5.41, 5.74) is 6.63. The molecule has 96 valence electrons. The van der Waals surface area contributed by atoms with Crippen LogP contribution in [0.15, 0.2) is 12.7 Å². The molecule has 0 amide bonds. The predicted molar refractivity (Wildman–Crippen MR) is 60.2 cm³/mol. The summed E-state index contributed by atoms with van der Waals surface area (Å²) >= 11 is 0. The van der Waals surface area contributed by atoms with Gasteiger partial charge < -0.3 is 15.6 Å². The van der Waals surface area contributed by atoms with Crippen molar-refractivity contribution in [1.29, 1.82) is 0 Å². The molecule has 1 fully saturated rings. The molecule has 0 saturated carbocycles. The van der Waals surface area contributed by atoms with E-state index in [4.69, 9.17) is 15.6 Å². The van der Waals surface area contributed by atoms with E-state index in [1.807, 2.05) is 0 Å². The second kappa shape index (κ2) is 4.14. The Morgan fingerprint density at radius 1 is 1.44 bits per heavy atom. The van der Waals surface area contributed by atoms with Crippen LogP contribution in [0.2, 0.25) is 0 Å². The maximum Gasteiger partial charge on any atom is 0.167 e. The second-order valence-corrected chi connectivity index (χ2v) is 4.15. The van der Waals surface area contributed by atoms with E-state index < -0.39 is 24.9 Å². The fourth-order valence-corrected chi connectivity index (χ4v) is 2.16. The number of aliphatic hydroxyl groups is 1. The minimum absolute atomic E-state index is 0.200. The van der Waals surface area contributed by atoms with Gasteiger partial charge in [0.2, 0.25) is 0 Å². The van der Waals surface area contributed by atoms with E-state index in [-0.39, 0.29) is 12.4 Å². The molecule has 0 radical (unpaired) electrons. The molecule has 7 nitrogen and oxygen atoms in total. The van der Waals surface area contributed by atoms with Gasteiger partial charge in [0, 0.05) is 0 Å². The van der Waals surface area contributed by atoms with Gasteiger partial charge in [0.1, 0.15) is 18.1 Å². The number of hydrogen-bond donors (Lipinski definition) is 2. The largest absolute Gasteiger partial charge is 0.394 e. The first-order valence-corrected chi connectivity index (χ1v) is 5.51. The molecule has 0 aliphatic carbocycles. The Morgan fingerprint density at radius 3 is 3.00 bits per heavy atom. The first-order chi connectivity index (χ1) is 8.76. The third kappa shape index (κ3) is 1.46. The van der Waals surface area contributed by atoms with Crippen LogP contribution in [0.3, 0.4) is 0 Å². The molecule has 1 aliphatic rings. The number of anilines is 1. The standard InChI is InChI=1S/C10H12FN5O2/c11-1-5-6(2-17)18-10(5)16-4-15-7-8(12)13-3-14-9(7)16/h3-6,10,17H,1-2H2,(H2,12,13,14). The van der Waals surface area contributed by atoms with Gasteiger partial charge >= 0.3 is 0 Å². The number of aromatic nitrogens is 4. The zero-order chi connectivity index (χ0) is 12.7. The number of imidazole rings is 1. The van der Waals surface area contributed by atoms with Gasteiger partial charge in [-0.25, -0.2) is 15.0 Å². The van der Waals surface area contributed by atoms with Crippen molar-refractivity contribution in [2.75, 3.05) is 19.0 Å². The summed E-state index contributed by atoms with van der Waals surface area (Å²) in [7, 11) is 0. The normalized spacial score (nSPS) is 27.3. The topological polar surface area (TPSA) is 99.1 Å². The van der Waals surface area contributed by atoms with Gasteiger partial charge in [-0.05, 0) is 0 Å². The van der Waals surface area contributed by atoms with Crippen molar-refractivity contribution < 1.29 is 14.2 Å². The van der Waals surface area contributed by atoms with Crippen LogP contribution in [0.25, 0.3) is 11.2 Å². The molecule has 0 aromatic carbocycles. The summed E-state index contributed by atoms with van der Waals surface area (Å²) in [5, 5.41) is 9.00.